The van der Waals surface area contributed by atoms with Crippen molar-refractivity contribution in [3.63, 3.8) is 0 Å². The predicted molar refractivity (Wildman–Crippen MR) is 56.2 cm³/mol. The van der Waals surface area contributed by atoms with Gasteiger partial charge >= 0.3 is 0 Å². The molecule has 2 aliphatic rings. The summed E-state index contributed by atoms with van der Waals surface area (Å²) in [5.41, 5.74) is 0.471. The van der Waals surface area contributed by atoms with Crippen LogP contribution in [0.1, 0.15) is 12.8 Å². The van der Waals surface area contributed by atoms with E-state index in [0.29, 0.717) is 16.6 Å². The summed E-state index contributed by atoms with van der Waals surface area (Å²) in [6.45, 7) is 0. The topological polar surface area (TPSA) is 15.6 Å². The van der Waals surface area contributed by atoms with E-state index in [1.54, 1.807) is 11.2 Å². The second-order valence-electron chi connectivity index (χ2n) is 3.68. The summed E-state index contributed by atoms with van der Waals surface area (Å²) in [6, 6.07) is 2.59. The van der Waals surface area contributed by atoms with Crippen LogP contribution >= 0.6 is 11.9 Å². The highest BCUT2D eigenvalue weighted by Gasteiger charge is 2.33. The lowest BCUT2D eigenvalue weighted by molar-refractivity contribution is 0.576. The van der Waals surface area contributed by atoms with Gasteiger partial charge in [0, 0.05) is 24.1 Å². The molecule has 15 heavy (non-hydrogen) atoms. The highest BCUT2D eigenvalue weighted by Crippen LogP contribution is 2.41. The van der Waals surface area contributed by atoms with Crippen LogP contribution in [0.5, 0.6) is 0 Å². The second-order valence-corrected chi connectivity index (χ2v) is 4.52. The quantitative estimate of drug-likeness (QED) is 0.684. The zero-order chi connectivity index (χ0) is 10.4. The molecule has 0 aromatic heterocycles. The van der Waals surface area contributed by atoms with Crippen LogP contribution in [0, 0.1) is 11.6 Å². The molecule has 0 atom stereocenters. The lowest BCUT2D eigenvalue weighted by atomic mass is 10.2. The molecule has 1 aliphatic carbocycles. The first-order chi connectivity index (χ1) is 7.25. The average Bonchev–Trinajstić information content (AvgIpc) is 2.99. The molecule has 1 saturated carbocycles. The van der Waals surface area contributed by atoms with E-state index in [9.17, 15) is 8.78 Å². The molecular weight excluding hydrogens is 218 g/mol. The molecule has 1 aliphatic heterocycles. The maximum absolute atomic E-state index is 13.6. The van der Waals surface area contributed by atoms with Crippen molar-refractivity contribution in [3.8, 4) is 0 Å². The van der Waals surface area contributed by atoms with E-state index < -0.39 is 11.6 Å². The maximum atomic E-state index is 13.6. The highest BCUT2D eigenvalue weighted by atomic mass is 32.2. The van der Waals surface area contributed by atoms with Crippen molar-refractivity contribution in [2.24, 2.45) is 4.40 Å². The van der Waals surface area contributed by atoms with Crippen LogP contribution < -0.4 is 4.90 Å². The van der Waals surface area contributed by atoms with Crippen LogP contribution in [0.2, 0.25) is 0 Å². The zero-order valence-corrected chi connectivity index (χ0v) is 8.60. The normalized spacial score (nSPS) is 19.2. The lowest BCUT2D eigenvalue weighted by Crippen LogP contribution is -2.26. The molecule has 2 nitrogen and oxygen atoms in total. The summed E-state index contributed by atoms with van der Waals surface area (Å²) in [7, 11) is 0. The van der Waals surface area contributed by atoms with Gasteiger partial charge < -0.3 is 4.90 Å². The molecule has 5 heteroatoms. The Bertz CT molecular complexity index is 443. The standard InChI is InChI=1S/C10H8F2N2S/c11-6-3-8(12)10-9(4-6)15-13-5-14(10)7-1-2-7/h3-5,7H,1-2H2. The number of anilines is 1. The Kier molecular flexibility index (Phi) is 1.95. The van der Waals surface area contributed by atoms with Crippen LogP contribution in [-0.2, 0) is 0 Å². The van der Waals surface area contributed by atoms with Gasteiger partial charge in [-0.05, 0) is 18.9 Å². The minimum atomic E-state index is -0.549. The number of benzene rings is 1. The zero-order valence-electron chi connectivity index (χ0n) is 7.78. The Morgan fingerprint density at radius 1 is 1.33 bits per heavy atom. The van der Waals surface area contributed by atoms with Gasteiger partial charge in [-0.25, -0.2) is 13.2 Å². The summed E-state index contributed by atoms with van der Waals surface area (Å²) in [5.74, 6) is -1.05. The lowest BCUT2D eigenvalue weighted by Gasteiger charge is -2.24. The van der Waals surface area contributed by atoms with Gasteiger partial charge in [-0.3, -0.25) is 0 Å². The minimum Gasteiger partial charge on any atom is -0.325 e. The number of hydrogen-bond donors (Lipinski definition) is 0. The SMILES string of the molecule is Fc1cc(F)c2c(c1)SN=CN2C1CC1. The summed E-state index contributed by atoms with van der Waals surface area (Å²) in [6.07, 6.45) is 3.73. The number of nitrogens with zero attached hydrogens (tertiary/aromatic N) is 2. The van der Waals surface area contributed by atoms with Gasteiger partial charge in [-0.15, -0.1) is 0 Å². The first kappa shape index (κ1) is 9.15. The van der Waals surface area contributed by atoms with Gasteiger partial charge in [-0.2, -0.15) is 0 Å². The Balaban J connectivity index is 2.12. The van der Waals surface area contributed by atoms with Crippen molar-refractivity contribution in [3.05, 3.63) is 23.8 Å². The fourth-order valence-corrected chi connectivity index (χ4v) is 2.40. The van der Waals surface area contributed by atoms with E-state index in [0.717, 1.165) is 30.9 Å². The molecule has 0 amide bonds. The smallest absolute Gasteiger partial charge is 0.151 e. The summed E-state index contributed by atoms with van der Waals surface area (Å²) < 4.78 is 30.6. The van der Waals surface area contributed by atoms with Gasteiger partial charge in [0.25, 0.3) is 0 Å². The summed E-state index contributed by atoms with van der Waals surface area (Å²) in [4.78, 5) is 2.36. The molecule has 0 bridgehead atoms. The Labute approximate surface area is 90.1 Å². The van der Waals surface area contributed by atoms with Crippen LogP contribution in [-0.4, -0.2) is 12.4 Å². The third-order valence-corrected chi connectivity index (χ3v) is 3.22. The van der Waals surface area contributed by atoms with Crippen LogP contribution in [0.4, 0.5) is 14.5 Å². The van der Waals surface area contributed by atoms with E-state index in [2.05, 4.69) is 4.40 Å². The van der Waals surface area contributed by atoms with Crippen LogP contribution in [0.3, 0.4) is 0 Å². The van der Waals surface area contributed by atoms with Gasteiger partial charge in [0.15, 0.2) is 5.82 Å². The summed E-state index contributed by atoms with van der Waals surface area (Å²) >= 11 is 1.11. The number of hydrogen-bond acceptors (Lipinski definition) is 3. The first-order valence-corrected chi connectivity index (χ1v) is 5.51. The van der Waals surface area contributed by atoms with E-state index >= 15 is 0 Å². The van der Waals surface area contributed by atoms with Gasteiger partial charge in [-0.1, -0.05) is 0 Å². The molecular formula is C10H8F2N2S. The van der Waals surface area contributed by atoms with Crippen molar-refractivity contribution in [1.29, 1.82) is 0 Å². The van der Waals surface area contributed by atoms with Crippen LogP contribution in [0.15, 0.2) is 21.4 Å². The molecule has 0 saturated heterocycles. The number of rotatable bonds is 1. The van der Waals surface area contributed by atoms with Crippen LogP contribution in [0.25, 0.3) is 0 Å². The van der Waals surface area contributed by atoms with Crippen molar-refractivity contribution in [1.82, 2.24) is 0 Å². The molecule has 0 radical (unpaired) electrons. The first-order valence-electron chi connectivity index (χ1n) is 4.73. The third kappa shape index (κ3) is 1.51. The number of fused-ring (bicyclic) bond motifs is 1. The molecule has 1 heterocycles. The molecule has 1 aromatic rings. The largest absolute Gasteiger partial charge is 0.325 e. The molecule has 0 N–H and O–H groups in total. The molecule has 3 rings (SSSR count). The Morgan fingerprint density at radius 2 is 2.13 bits per heavy atom. The molecule has 1 fully saturated rings. The third-order valence-electron chi connectivity index (χ3n) is 2.51. The Hall–Kier alpha value is -1.10. The van der Waals surface area contributed by atoms with Crippen molar-refractivity contribution in [2.75, 3.05) is 4.90 Å². The van der Waals surface area contributed by atoms with E-state index in [-0.39, 0.29) is 0 Å². The van der Waals surface area contributed by atoms with Crippen molar-refractivity contribution < 1.29 is 8.78 Å². The van der Waals surface area contributed by atoms with E-state index in [1.807, 2.05) is 0 Å². The molecule has 0 spiro atoms. The second kappa shape index (κ2) is 3.20. The highest BCUT2D eigenvalue weighted by molar-refractivity contribution is 7.98. The van der Waals surface area contributed by atoms with E-state index in [1.165, 1.54) is 6.07 Å². The summed E-state index contributed by atoms with van der Waals surface area (Å²) in [5, 5.41) is 0. The van der Waals surface area contributed by atoms with Gasteiger partial charge in [0.2, 0.25) is 0 Å². The molecule has 1 aromatic carbocycles. The predicted octanol–water partition coefficient (Wildman–Crippen LogP) is 2.98. The van der Waals surface area contributed by atoms with Crippen molar-refractivity contribution in [2.45, 2.75) is 23.8 Å². The molecule has 0 unspecified atom stereocenters. The minimum absolute atomic E-state index is 0.341. The van der Waals surface area contributed by atoms with E-state index in [4.69, 9.17) is 0 Å². The maximum Gasteiger partial charge on any atom is 0.151 e. The van der Waals surface area contributed by atoms with Gasteiger partial charge in [0.05, 0.1) is 10.6 Å². The Morgan fingerprint density at radius 3 is 2.87 bits per heavy atom. The molecule has 78 valence electrons. The van der Waals surface area contributed by atoms with Gasteiger partial charge in [0.1, 0.15) is 12.2 Å². The fraction of sp³-hybridized carbons (Fsp3) is 0.300. The monoisotopic (exact) mass is 226 g/mol. The average molecular weight is 226 g/mol. The fourth-order valence-electron chi connectivity index (χ4n) is 1.68. The van der Waals surface area contributed by atoms with Crippen molar-refractivity contribution >= 4 is 24.0 Å². The number of halogens is 2.